The average molecular weight is 389 g/mol. The third-order valence-corrected chi connectivity index (χ3v) is 5.73. The van der Waals surface area contributed by atoms with Crippen LogP contribution in [-0.2, 0) is 0 Å². The summed E-state index contributed by atoms with van der Waals surface area (Å²) in [5, 5.41) is 0. The maximum atomic E-state index is 12.8. The van der Waals surface area contributed by atoms with Crippen molar-refractivity contribution < 1.29 is 4.79 Å². The highest BCUT2D eigenvalue weighted by atomic mass is 16.2. The predicted molar refractivity (Wildman–Crippen MR) is 109 cm³/mol. The molecule has 1 aromatic carbocycles. The zero-order valence-electron chi connectivity index (χ0n) is 16.1. The molecule has 0 bridgehead atoms. The Balaban J connectivity index is 1.13. The summed E-state index contributed by atoms with van der Waals surface area (Å²) in [4.78, 5) is 32.1. The Hall–Kier alpha value is -3.26. The number of carbonyl (C=O) groups excluding carboxylic acids is 1. The van der Waals surface area contributed by atoms with Gasteiger partial charge in [0.15, 0.2) is 0 Å². The predicted octanol–water partition coefficient (Wildman–Crippen LogP) is 1.31. The van der Waals surface area contributed by atoms with E-state index in [1.807, 2.05) is 46.0 Å². The number of aromatic nitrogens is 4. The van der Waals surface area contributed by atoms with E-state index in [0.29, 0.717) is 6.04 Å². The fourth-order valence-corrected chi connectivity index (χ4v) is 3.96. The Kier molecular flexibility index (Phi) is 4.69. The molecule has 2 aliphatic rings. The molecule has 0 spiro atoms. The second-order valence-electron chi connectivity index (χ2n) is 7.45. The molecule has 4 heterocycles. The first-order valence-corrected chi connectivity index (χ1v) is 9.91. The first-order chi connectivity index (χ1) is 14.3. The zero-order chi connectivity index (χ0) is 19.6. The molecular formula is C21H23N7O. The summed E-state index contributed by atoms with van der Waals surface area (Å²) >= 11 is 0. The molecule has 2 aromatic heterocycles. The van der Waals surface area contributed by atoms with E-state index in [0.717, 1.165) is 56.5 Å². The Morgan fingerprint density at radius 1 is 0.931 bits per heavy atom. The van der Waals surface area contributed by atoms with Crippen LogP contribution in [0.3, 0.4) is 0 Å². The summed E-state index contributed by atoms with van der Waals surface area (Å²) < 4.78 is 1.92. The monoisotopic (exact) mass is 389 g/mol. The molecule has 0 radical (unpaired) electrons. The van der Waals surface area contributed by atoms with Crippen molar-refractivity contribution in [2.24, 2.45) is 0 Å². The van der Waals surface area contributed by atoms with Gasteiger partial charge in [0.2, 0.25) is 5.95 Å². The Morgan fingerprint density at radius 3 is 2.31 bits per heavy atom. The molecule has 5 rings (SSSR count). The van der Waals surface area contributed by atoms with E-state index in [2.05, 4.69) is 24.8 Å². The molecular weight excluding hydrogens is 366 g/mol. The molecule has 0 saturated carbocycles. The van der Waals surface area contributed by atoms with Gasteiger partial charge in [-0.05, 0) is 30.3 Å². The van der Waals surface area contributed by atoms with Gasteiger partial charge in [-0.3, -0.25) is 9.69 Å². The number of carbonyl (C=O) groups is 1. The fourth-order valence-electron chi connectivity index (χ4n) is 3.96. The van der Waals surface area contributed by atoms with Gasteiger partial charge in [-0.25, -0.2) is 15.0 Å². The number of benzene rings is 1. The van der Waals surface area contributed by atoms with Crippen molar-refractivity contribution in [2.45, 2.75) is 6.04 Å². The number of rotatable bonds is 4. The van der Waals surface area contributed by atoms with E-state index < -0.39 is 0 Å². The molecule has 0 aliphatic carbocycles. The molecule has 148 valence electrons. The van der Waals surface area contributed by atoms with Crippen LogP contribution >= 0.6 is 0 Å². The van der Waals surface area contributed by atoms with Crippen LogP contribution in [0, 0.1) is 0 Å². The van der Waals surface area contributed by atoms with Crippen molar-refractivity contribution in [1.29, 1.82) is 0 Å². The fraction of sp³-hybridized carbons (Fsp3) is 0.333. The van der Waals surface area contributed by atoms with Gasteiger partial charge in [-0.2, -0.15) is 0 Å². The molecule has 2 fully saturated rings. The molecule has 3 aromatic rings. The first-order valence-electron chi connectivity index (χ1n) is 9.91. The zero-order valence-corrected chi connectivity index (χ0v) is 16.1. The van der Waals surface area contributed by atoms with Crippen molar-refractivity contribution in [3.05, 3.63) is 67.0 Å². The van der Waals surface area contributed by atoms with Crippen LogP contribution in [0.1, 0.15) is 10.4 Å². The van der Waals surface area contributed by atoms with Crippen LogP contribution in [0.4, 0.5) is 5.95 Å². The van der Waals surface area contributed by atoms with Crippen molar-refractivity contribution in [1.82, 2.24) is 29.3 Å². The van der Waals surface area contributed by atoms with E-state index in [9.17, 15) is 4.79 Å². The van der Waals surface area contributed by atoms with Gasteiger partial charge in [0.25, 0.3) is 5.91 Å². The maximum Gasteiger partial charge on any atom is 0.253 e. The number of imidazole rings is 1. The van der Waals surface area contributed by atoms with E-state index in [1.54, 1.807) is 24.9 Å². The van der Waals surface area contributed by atoms with Crippen molar-refractivity contribution >= 4 is 11.9 Å². The molecule has 2 saturated heterocycles. The van der Waals surface area contributed by atoms with Gasteiger partial charge in [0, 0.05) is 81.3 Å². The van der Waals surface area contributed by atoms with Crippen molar-refractivity contribution in [2.75, 3.05) is 44.2 Å². The molecule has 1 amide bonds. The number of hydrogen-bond donors (Lipinski definition) is 0. The number of nitrogens with zero attached hydrogens (tertiary/aromatic N) is 7. The SMILES string of the molecule is O=C(c1ccc(-n2ccnc2)cc1)N1CC(N2CCN(c3ncccn3)CC2)C1. The third-order valence-electron chi connectivity index (χ3n) is 5.73. The minimum atomic E-state index is 0.106. The topological polar surface area (TPSA) is 70.4 Å². The Morgan fingerprint density at radius 2 is 1.66 bits per heavy atom. The highest BCUT2D eigenvalue weighted by Crippen LogP contribution is 2.21. The molecule has 0 unspecified atom stereocenters. The van der Waals surface area contributed by atoms with Gasteiger partial charge in [0.05, 0.1) is 6.33 Å². The lowest BCUT2D eigenvalue weighted by molar-refractivity contribution is 0.0246. The summed E-state index contributed by atoms with van der Waals surface area (Å²) in [6.45, 7) is 5.39. The van der Waals surface area contributed by atoms with Gasteiger partial charge in [0.1, 0.15) is 0 Å². The van der Waals surface area contributed by atoms with Gasteiger partial charge < -0.3 is 14.4 Å². The molecule has 8 nitrogen and oxygen atoms in total. The second-order valence-corrected chi connectivity index (χ2v) is 7.45. The highest BCUT2D eigenvalue weighted by molar-refractivity contribution is 5.95. The normalized spacial score (nSPS) is 17.9. The number of hydrogen-bond acceptors (Lipinski definition) is 6. The summed E-state index contributed by atoms with van der Waals surface area (Å²) in [7, 11) is 0. The lowest BCUT2D eigenvalue weighted by Gasteiger charge is -2.48. The minimum absolute atomic E-state index is 0.106. The van der Waals surface area contributed by atoms with Crippen LogP contribution < -0.4 is 4.90 Å². The Bertz CT molecular complexity index is 944. The molecule has 29 heavy (non-hydrogen) atoms. The maximum absolute atomic E-state index is 12.8. The first kappa shape index (κ1) is 17.8. The number of anilines is 1. The lowest BCUT2D eigenvalue weighted by Crippen LogP contribution is -2.64. The van der Waals surface area contributed by atoms with Gasteiger partial charge in [-0.15, -0.1) is 0 Å². The van der Waals surface area contributed by atoms with Crippen LogP contribution in [-0.4, -0.2) is 80.5 Å². The van der Waals surface area contributed by atoms with Crippen LogP contribution in [0.5, 0.6) is 0 Å². The van der Waals surface area contributed by atoms with Crippen LogP contribution in [0.25, 0.3) is 5.69 Å². The van der Waals surface area contributed by atoms with Crippen molar-refractivity contribution in [3.63, 3.8) is 0 Å². The number of amides is 1. The van der Waals surface area contributed by atoms with Gasteiger partial charge in [-0.1, -0.05) is 0 Å². The third kappa shape index (κ3) is 3.58. The standard InChI is InChI=1S/C21H23N7O/c29-20(17-2-4-18(5-3-17)27-9-8-22-16-27)28-14-19(15-28)25-10-12-26(13-11-25)21-23-6-1-7-24-21/h1-9,16,19H,10-15H2. The van der Waals surface area contributed by atoms with E-state index in [1.165, 1.54) is 0 Å². The minimum Gasteiger partial charge on any atom is -0.338 e. The van der Waals surface area contributed by atoms with E-state index in [4.69, 9.17) is 0 Å². The smallest absolute Gasteiger partial charge is 0.253 e. The summed E-state index contributed by atoms with van der Waals surface area (Å²) in [5.41, 5.74) is 1.74. The van der Waals surface area contributed by atoms with Gasteiger partial charge >= 0.3 is 0 Å². The number of piperazine rings is 1. The van der Waals surface area contributed by atoms with Crippen molar-refractivity contribution in [3.8, 4) is 5.69 Å². The van der Waals surface area contributed by atoms with Crippen LogP contribution in [0.15, 0.2) is 61.4 Å². The molecule has 2 aliphatic heterocycles. The highest BCUT2D eigenvalue weighted by Gasteiger charge is 2.36. The second kappa shape index (κ2) is 7.63. The molecule has 8 heteroatoms. The largest absolute Gasteiger partial charge is 0.338 e. The average Bonchev–Trinajstić information content (AvgIpc) is 3.29. The summed E-state index contributed by atoms with van der Waals surface area (Å²) in [6.07, 6.45) is 8.95. The van der Waals surface area contributed by atoms with E-state index >= 15 is 0 Å². The molecule has 0 atom stereocenters. The molecule has 0 N–H and O–H groups in total. The summed E-state index contributed by atoms with van der Waals surface area (Å²) in [6, 6.07) is 9.98. The number of likely N-dealkylation sites (tertiary alicyclic amines) is 1. The van der Waals surface area contributed by atoms with E-state index in [-0.39, 0.29) is 5.91 Å². The quantitative estimate of drug-likeness (QED) is 0.670. The summed E-state index contributed by atoms with van der Waals surface area (Å²) in [5.74, 6) is 0.909. The Labute approximate surface area is 169 Å². The lowest BCUT2D eigenvalue weighted by atomic mass is 10.0. The van der Waals surface area contributed by atoms with Crippen LogP contribution in [0.2, 0.25) is 0 Å².